The summed E-state index contributed by atoms with van der Waals surface area (Å²) in [5.74, 6) is 0.554. The van der Waals surface area contributed by atoms with Crippen LogP contribution in [0.5, 0.6) is 0 Å². The summed E-state index contributed by atoms with van der Waals surface area (Å²) in [6.45, 7) is 0.697. The van der Waals surface area contributed by atoms with E-state index in [4.69, 9.17) is 5.73 Å². The molecule has 0 bridgehead atoms. The number of hydrogen-bond acceptors (Lipinski definition) is 5. The van der Waals surface area contributed by atoms with Crippen LogP contribution in [-0.2, 0) is 13.6 Å². The van der Waals surface area contributed by atoms with Gasteiger partial charge in [-0.2, -0.15) is 9.47 Å². The van der Waals surface area contributed by atoms with E-state index >= 15 is 0 Å². The van der Waals surface area contributed by atoms with Crippen LogP contribution < -0.4 is 11.1 Å². The molecule has 0 aliphatic heterocycles. The fourth-order valence-electron chi connectivity index (χ4n) is 1.11. The summed E-state index contributed by atoms with van der Waals surface area (Å²) in [5.41, 5.74) is 6.49. The van der Waals surface area contributed by atoms with Gasteiger partial charge in [-0.3, -0.25) is 4.68 Å². The minimum atomic E-state index is 0.554. The van der Waals surface area contributed by atoms with Crippen LogP contribution >= 0.6 is 11.5 Å². The molecular formula is C8H11N5S. The van der Waals surface area contributed by atoms with E-state index in [0.717, 1.165) is 10.7 Å². The van der Waals surface area contributed by atoms with Gasteiger partial charge >= 0.3 is 0 Å². The first kappa shape index (κ1) is 9.01. The molecule has 5 nitrogen and oxygen atoms in total. The fourth-order valence-corrected chi connectivity index (χ4v) is 1.67. The Hall–Kier alpha value is -1.56. The van der Waals surface area contributed by atoms with Crippen molar-refractivity contribution in [3.8, 4) is 0 Å². The number of hydrogen-bond donors (Lipinski definition) is 2. The molecule has 0 aromatic carbocycles. The van der Waals surface area contributed by atoms with Crippen molar-refractivity contribution < 1.29 is 0 Å². The molecule has 0 spiro atoms. The van der Waals surface area contributed by atoms with Gasteiger partial charge in [0.2, 0.25) is 0 Å². The van der Waals surface area contributed by atoms with Crippen molar-refractivity contribution in [3.05, 3.63) is 24.0 Å². The van der Waals surface area contributed by atoms with Gasteiger partial charge in [0.05, 0.1) is 12.2 Å². The molecule has 0 saturated heterocycles. The van der Waals surface area contributed by atoms with Crippen LogP contribution in [0.3, 0.4) is 0 Å². The maximum atomic E-state index is 5.49. The Bertz CT molecular complexity index is 379. The van der Waals surface area contributed by atoms with E-state index in [9.17, 15) is 0 Å². The minimum absolute atomic E-state index is 0.554. The molecule has 2 heterocycles. The third-order valence-electron chi connectivity index (χ3n) is 1.74. The van der Waals surface area contributed by atoms with Crippen LogP contribution in [0.1, 0.15) is 5.69 Å². The lowest BCUT2D eigenvalue weighted by molar-refractivity contribution is 0.747. The van der Waals surface area contributed by atoms with E-state index in [-0.39, 0.29) is 0 Å². The monoisotopic (exact) mass is 209 g/mol. The van der Waals surface area contributed by atoms with E-state index in [1.54, 1.807) is 4.68 Å². The summed E-state index contributed by atoms with van der Waals surface area (Å²) in [6, 6.07) is 3.78. The topological polar surface area (TPSA) is 68.8 Å². The van der Waals surface area contributed by atoms with Crippen molar-refractivity contribution in [2.75, 3.05) is 11.1 Å². The molecule has 14 heavy (non-hydrogen) atoms. The van der Waals surface area contributed by atoms with Crippen molar-refractivity contribution in [2.45, 2.75) is 6.54 Å². The average Bonchev–Trinajstić information content (AvgIpc) is 2.72. The van der Waals surface area contributed by atoms with Gasteiger partial charge in [-0.1, -0.05) is 0 Å². The van der Waals surface area contributed by atoms with Crippen molar-refractivity contribution in [3.63, 3.8) is 0 Å². The van der Waals surface area contributed by atoms with Gasteiger partial charge in [0.25, 0.3) is 0 Å². The standard InChI is InChI=1S/C8H11N5S/c1-13-3-2-6(11-13)5-10-8-4-7(9)12-14-8/h2-4,10H,5H2,1H3,(H2,9,12). The lowest BCUT2D eigenvalue weighted by Crippen LogP contribution is -1.99. The van der Waals surface area contributed by atoms with Crippen LogP contribution in [0, 0.1) is 0 Å². The first-order chi connectivity index (χ1) is 6.74. The average molecular weight is 209 g/mol. The molecule has 0 unspecified atom stereocenters. The summed E-state index contributed by atoms with van der Waals surface area (Å²) < 4.78 is 5.74. The second-order valence-electron chi connectivity index (χ2n) is 2.95. The zero-order valence-electron chi connectivity index (χ0n) is 7.77. The maximum absolute atomic E-state index is 5.49. The lowest BCUT2D eigenvalue weighted by Gasteiger charge is -1.98. The van der Waals surface area contributed by atoms with Crippen molar-refractivity contribution in [1.82, 2.24) is 14.2 Å². The molecule has 74 valence electrons. The Kier molecular flexibility index (Phi) is 2.36. The highest BCUT2D eigenvalue weighted by atomic mass is 32.1. The summed E-state index contributed by atoms with van der Waals surface area (Å²) >= 11 is 1.35. The van der Waals surface area contributed by atoms with E-state index < -0.39 is 0 Å². The van der Waals surface area contributed by atoms with Crippen molar-refractivity contribution >= 4 is 22.4 Å². The van der Waals surface area contributed by atoms with Gasteiger partial charge in [-0.15, -0.1) is 0 Å². The lowest BCUT2D eigenvalue weighted by atomic mass is 10.4. The number of aryl methyl sites for hydroxylation is 1. The van der Waals surface area contributed by atoms with Crippen LogP contribution in [0.25, 0.3) is 0 Å². The predicted octanol–water partition coefficient (Wildman–Crippen LogP) is 1.07. The smallest absolute Gasteiger partial charge is 0.139 e. The molecule has 2 aromatic rings. The Morgan fingerprint density at radius 2 is 2.50 bits per heavy atom. The highest BCUT2D eigenvalue weighted by molar-refractivity contribution is 7.10. The Labute approximate surface area is 85.7 Å². The molecule has 0 atom stereocenters. The molecule has 0 saturated carbocycles. The quantitative estimate of drug-likeness (QED) is 0.793. The largest absolute Gasteiger partial charge is 0.383 e. The number of anilines is 2. The van der Waals surface area contributed by atoms with Gasteiger partial charge in [-0.25, -0.2) is 0 Å². The fraction of sp³-hybridized carbons (Fsp3) is 0.250. The molecule has 0 aliphatic carbocycles. The van der Waals surface area contributed by atoms with E-state index in [1.807, 2.05) is 25.4 Å². The summed E-state index contributed by atoms with van der Waals surface area (Å²) in [4.78, 5) is 0. The van der Waals surface area contributed by atoms with Gasteiger partial charge in [0, 0.05) is 19.3 Å². The first-order valence-corrected chi connectivity index (χ1v) is 4.96. The van der Waals surface area contributed by atoms with Gasteiger partial charge in [-0.05, 0) is 17.6 Å². The predicted molar refractivity (Wildman–Crippen MR) is 57.1 cm³/mol. The zero-order chi connectivity index (χ0) is 9.97. The van der Waals surface area contributed by atoms with E-state index in [1.165, 1.54) is 11.5 Å². The summed E-state index contributed by atoms with van der Waals surface area (Å²) in [5, 5.41) is 8.40. The molecular weight excluding hydrogens is 198 g/mol. The highest BCUT2D eigenvalue weighted by Gasteiger charge is 1.99. The molecule has 0 fully saturated rings. The van der Waals surface area contributed by atoms with Crippen LogP contribution in [-0.4, -0.2) is 14.2 Å². The zero-order valence-corrected chi connectivity index (χ0v) is 8.58. The Balaban J connectivity index is 1.94. The number of nitrogens with zero attached hydrogens (tertiary/aromatic N) is 3. The Morgan fingerprint density at radius 1 is 1.64 bits per heavy atom. The van der Waals surface area contributed by atoms with Crippen molar-refractivity contribution in [2.24, 2.45) is 7.05 Å². The summed E-state index contributed by atoms with van der Waals surface area (Å²) in [6.07, 6.45) is 1.91. The number of rotatable bonds is 3. The van der Waals surface area contributed by atoms with Crippen molar-refractivity contribution in [1.29, 1.82) is 0 Å². The third-order valence-corrected chi connectivity index (χ3v) is 2.50. The number of nitrogens with two attached hydrogens (primary N) is 1. The second-order valence-corrected chi connectivity index (χ2v) is 3.76. The Morgan fingerprint density at radius 3 is 3.07 bits per heavy atom. The second kappa shape index (κ2) is 3.67. The molecule has 0 amide bonds. The normalized spacial score (nSPS) is 10.4. The first-order valence-electron chi connectivity index (χ1n) is 4.18. The maximum Gasteiger partial charge on any atom is 0.139 e. The molecule has 6 heteroatoms. The van der Waals surface area contributed by atoms with Crippen LogP contribution in [0.4, 0.5) is 10.8 Å². The summed E-state index contributed by atoms with van der Waals surface area (Å²) in [7, 11) is 1.90. The molecule has 0 aliphatic rings. The molecule has 2 rings (SSSR count). The number of nitrogen functional groups attached to an aromatic ring is 1. The molecule has 0 radical (unpaired) electrons. The van der Waals surface area contributed by atoms with Crippen LogP contribution in [0.2, 0.25) is 0 Å². The van der Waals surface area contributed by atoms with Gasteiger partial charge in [0.15, 0.2) is 0 Å². The highest BCUT2D eigenvalue weighted by Crippen LogP contribution is 2.17. The number of nitrogens with one attached hydrogen (secondary N) is 1. The van der Waals surface area contributed by atoms with Crippen LogP contribution in [0.15, 0.2) is 18.3 Å². The van der Waals surface area contributed by atoms with E-state index in [2.05, 4.69) is 14.8 Å². The molecule has 3 N–H and O–H groups in total. The molecule has 2 aromatic heterocycles. The van der Waals surface area contributed by atoms with E-state index in [0.29, 0.717) is 12.4 Å². The third kappa shape index (κ3) is 2.02. The van der Waals surface area contributed by atoms with Gasteiger partial charge < -0.3 is 11.1 Å². The number of aromatic nitrogens is 3. The SMILES string of the molecule is Cn1ccc(CNc2cc(N)ns2)n1. The van der Waals surface area contributed by atoms with Gasteiger partial charge in [0.1, 0.15) is 10.8 Å². The minimum Gasteiger partial charge on any atom is -0.383 e.